The monoisotopic (exact) mass is 259 g/mol. The maximum Gasteiger partial charge on any atom is 0.0701 e. The van der Waals surface area contributed by atoms with Gasteiger partial charge in [0.25, 0.3) is 0 Å². The van der Waals surface area contributed by atoms with E-state index in [1.54, 1.807) is 0 Å². The molecular weight excluding hydrogens is 246 g/mol. The summed E-state index contributed by atoms with van der Waals surface area (Å²) in [7, 11) is 0. The first kappa shape index (κ1) is 9.69. The molecule has 1 nitrogen and oxygen atoms in total. The first-order valence-electron chi connectivity index (χ1n) is 4.82. The summed E-state index contributed by atoms with van der Waals surface area (Å²) < 4.78 is 1.25. The van der Waals surface area contributed by atoms with Gasteiger partial charge in [-0.15, -0.1) is 11.3 Å². The summed E-state index contributed by atoms with van der Waals surface area (Å²) in [6.07, 6.45) is 5.29. The van der Waals surface area contributed by atoms with E-state index in [9.17, 15) is 0 Å². The van der Waals surface area contributed by atoms with Gasteiger partial charge in [-0.25, -0.2) is 0 Å². The van der Waals surface area contributed by atoms with Crippen LogP contribution in [0.15, 0.2) is 15.9 Å². The third-order valence-corrected chi connectivity index (χ3v) is 4.13. The van der Waals surface area contributed by atoms with Gasteiger partial charge in [-0.1, -0.05) is 6.42 Å². The molecule has 0 radical (unpaired) electrons. The van der Waals surface area contributed by atoms with E-state index in [0.29, 0.717) is 0 Å². The van der Waals surface area contributed by atoms with Crippen LogP contribution >= 0.6 is 27.3 Å². The Kier molecular flexibility index (Phi) is 3.41. The Morgan fingerprint density at radius 2 is 2.38 bits per heavy atom. The highest BCUT2D eigenvalue weighted by Gasteiger charge is 2.13. The summed E-state index contributed by atoms with van der Waals surface area (Å²) >= 11 is 5.35. The first-order chi connectivity index (χ1) is 6.34. The van der Waals surface area contributed by atoms with Gasteiger partial charge in [0.15, 0.2) is 0 Å². The van der Waals surface area contributed by atoms with Gasteiger partial charge < -0.3 is 5.32 Å². The van der Waals surface area contributed by atoms with Crippen LogP contribution in [0, 0.1) is 0 Å². The topological polar surface area (TPSA) is 12.0 Å². The van der Waals surface area contributed by atoms with Gasteiger partial charge in [0, 0.05) is 10.9 Å². The number of rotatable bonds is 2. The zero-order valence-electron chi connectivity index (χ0n) is 7.55. The number of hydrogen-bond donors (Lipinski definition) is 1. The normalized spacial score (nSPS) is 23.3. The highest BCUT2D eigenvalue weighted by Crippen LogP contribution is 2.24. The molecule has 0 aromatic carbocycles. The van der Waals surface area contributed by atoms with Crippen molar-refractivity contribution in [3.8, 4) is 0 Å². The van der Waals surface area contributed by atoms with E-state index in [1.165, 1.54) is 40.9 Å². The smallest absolute Gasteiger partial charge is 0.0701 e. The molecule has 1 fully saturated rings. The Morgan fingerprint density at radius 3 is 3.00 bits per heavy atom. The summed E-state index contributed by atoms with van der Waals surface area (Å²) in [5.74, 6) is 0. The quantitative estimate of drug-likeness (QED) is 0.861. The summed E-state index contributed by atoms with van der Waals surface area (Å²) in [6.45, 7) is 1.21. The van der Waals surface area contributed by atoms with Crippen LogP contribution in [0.1, 0.15) is 24.1 Å². The molecule has 0 saturated carbocycles. The van der Waals surface area contributed by atoms with Crippen LogP contribution in [0.3, 0.4) is 0 Å². The molecule has 3 heteroatoms. The number of thiophene rings is 1. The van der Waals surface area contributed by atoms with Crippen molar-refractivity contribution < 1.29 is 0 Å². The molecule has 1 aromatic rings. The van der Waals surface area contributed by atoms with E-state index in [1.807, 2.05) is 11.3 Å². The minimum Gasteiger partial charge on any atom is -0.314 e. The highest BCUT2D eigenvalue weighted by molar-refractivity contribution is 9.11. The molecular formula is C10H14BrNS. The first-order valence-corrected chi connectivity index (χ1v) is 6.43. The molecule has 1 aromatic heterocycles. The molecule has 0 amide bonds. The second kappa shape index (κ2) is 4.58. The summed E-state index contributed by atoms with van der Waals surface area (Å²) in [5, 5.41) is 3.57. The maximum atomic E-state index is 3.57. The average molecular weight is 260 g/mol. The minimum atomic E-state index is 0.722. The fourth-order valence-electron chi connectivity index (χ4n) is 1.80. The molecule has 1 aliphatic rings. The van der Waals surface area contributed by atoms with Gasteiger partial charge in [-0.2, -0.15) is 0 Å². The minimum absolute atomic E-state index is 0.722. The Morgan fingerprint density at radius 1 is 1.46 bits per heavy atom. The van der Waals surface area contributed by atoms with Crippen LogP contribution in [0.5, 0.6) is 0 Å². The Labute approximate surface area is 91.7 Å². The third-order valence-electron chi connectivity index (χ3n) is 2.49. The highest BCUT2D eigenvalue weighted by atomic mass is 79.9. The largest absolute Gasteiger partial charge is 0.314 e. The van der Waals surface area contributed by atoms with Gasteiger partial charge in [-0.3, -0.25) is 0 Å². The fourth-order valence-corrected chi connectivity index (χ4v) is 3.37. The van der Waals surface area contributed by atoms with Crippen LogP contribution in [-0.2, 0) is 6.42 Å². The van der Waals surface area contributed by atoms with E-state index in [0.717, 1.165) is 6.04 Å². The van der Waals surface area contributed by atoms with Crippen LogP contribution in [0.4, 0.5) is 0 Å². The average Bonchev–Trinajstić information content (AvgIpc) is 2.53. The zero-order chi connectivity index (χ0) is 9.10. The van der Waals surface area contributed by atoms with E-state index < -0.39 is 0 Å². The number of piperidine rings is 1. The predicted molar refractivity (Wildman–Crippen MR) is 61.4 cm³/mol. The van der Waals surface area contributed by atoms with Crippen molar-refractivity contribution >= 4 is 27.3 Å². The van der Waals surface area contributed by atoms with Gasteiger partial charge in [0.05, 0.1) is 3.79 Å². The third kappa shape index (κ3) is 2.79. The standard InChI is InChI=1S/C10H14BrNS/c11-10-5-4-9(13-10)7-8-3-1-2-6-12-8/h4-5,8,12H,1-3,6-7H2. The van der Waals surface area contributed by atoms with Crippen LogP contribution in [-0.4, -0.2) is 12.6 Å². The van der Waals surface area contributed by atoms with Crippen molar-refractivity contribution in [2.75, 3.05) is 6.54 Å². The Hall–Kier alpha value is 0.140. The van der Waals surface area contributed by atoms with E-state index in [-0.39, 0.29) is 0 Å². The molecule has 0 bridgehead atoms. The van der Waals surface area contributed by atoms with Crippen molar-refractivity contribution in [1.29, 1.82) is 0 Å². The molecule has 13 heavy (non-hydrogen) atoms. The predicted octanol–water partition coefficient (Wildman–Crippen LogP) is 3.20. The van der Waals surface area contributed by atoms with Gasteiger partial charge in [0.2, 0.25) is 0 Å². The van der Waals surface area contributed by atoms with Crippen molar-refractivity contribution in [3.05, 3.63) is 20.8 Å². The van der Waals surface area contributed by atoms with Crippen LogP contribution in [0.25, 0.3) is 0 Å². The molecule has 1 atom stereocenters. The van der Waals surface area contributed by atoms with Crippen molar-refractivity contribution in [3.63, 3.8) is 0 Å². The van der Waals surface area contributed by atoms with Gasteiger partial charge in [-0.05, 0) is 53.9 Å². The number of halogens is 1. The van der Waals surface area contributed by atoms with E-state index >= 15 is 0 Å². The number of hydrogen-bond acceptors (Lipinski definition) is 2. The molecule has 1 unspecified atom stereocenters. The lowest BCUT2D eigenvalue weighted by atomic mass is 10.0. The molecule has 0 aliphatic carbocycles. The van der Waals surface area contributed by atoms with E-state index in [4.69, 9.17) is 0 Å². The number of nitrogens with one attached hydrogen (secondary N) is 1. The Balaban J connectivity index is 1.89. The second-order valence-electron chi connectivity index (χ2n) is 3.56. The van der Waals surface area contributed by atoms with E-state index in [2.05, 4.69) is 33.4 Å². The molecule has 1 aliphatic heterocycles. The molecule has 72 valence electrons. The lowest BCUT2D eigenvalue weighted by Gasteiger charge is -2.22. The molecule has 1 N–H and O–H groups in total. The summed E-state index contributed by atoms with van der Waals surface area (Å²) in [5.41, 5.74) is 0. The maximum absolute atomic E-state index is 3.57. The SMILES string of the molecule is Brc1ccc(CC2CCCCN2)s1. The van der Waals surface area contributed by atoms with Gasteiger partial charge >= 0.3 is 0 Å². The molecule has 2 rings (SSSR count). The second-order valence-corrected chi connectivity index (χ2v) is 6.10. The van der Waals surface area contributed by atoms with Crippen molar-refractivity contribution in [2.24, 2.45) is 0 Å². The van der Waals surface area contributed by atoms with Crippen molar-refractivity contribution in [1.82, 2.24) is 5.32 Å². The molecule has 1 saturated heterocycles. The van der Waals surface area contributed by atoms with Gasteiger partial charge in [0.1, 0.15) is 0 Å². The molecule has 0 spiro atoms. The lowest BCUT2D eigenvalue weighted by Crippen LogP contribution is -2.35. The lowest BCUT2D eigenvalue weighted by molar-refractivity contribution is 0.401. The zero-order valence-corrected chi connectivity index (χ0v) is 9.96. The van der Waals surface area contributed by atoms with Crippen LogP contribution in [0.2, 0.25) is 0 Å². The summed E-state index contributed by atoms with van der Waals surface area (Å²) in [4.78, 5) is 1.49. The molecule has 2 heterocycles. The Bertz CT molecular complexity index is 266. The summed E-state index contributed by atoms with van der Waals surface area (Å²) in [6, 6.07) is 5.09. The van der Waals surface area contributed by atoms with Crippen molar-refractivity contribution in [2.45, 2.75) is 31.7 Å². The van der Waals surface area contributed by atoms with Crippen LogP contribution < -0.4 is 5.32 Å². The fraction of sp³-hybridized carbons (Fsp3) is 0.600.